The van der Waals surface area contributed by atoms with Gasteiger partial charge in [-0.3, -0.25) is 9.47 Å². The Morgan fingerprint density at radius 2 is 2.03 bits per heavy atom. The molecule has 0 bridgehead atoms. The Kier molecular flexibility index (Phi) is 6.69. The molecule has 5 heterocycles. The minimum Gasteiger partial charge on any atom is -0.444 e. The minimum atomic E-state index is -0.696. The van der Waals surface area contributed by atoms with Gasteiger partial charge in [0.05, 0.1) is 12.0 Å². The molecule has 3 aliphatic heterocycles. The first-order valence-electron chi connectivity index (χ1n) is 12.9. The van der Waals surface area contributed by atoms with Gasteiger partial charge in [-0.15, -0.1) is 0 Å². The molecule has 2 aromatic heterocycles. The van der Waals surface area contributed by atoms with Crippen LogP contribution in [0.5, 0.6) is 0 Å². The van der Waals surface area contributed by atoms with Gasteiger partial charge in [-0.1, -0.05) is 0 Å². The Morgan fingerprint density at radius 1 is 1.25 bits per heavy atom. The summed E-state index contributed by atoms with van der Waals surface area (Å²) in [6.07, 6.45) is 4.97. The number of carbonyl (C=O) groups is 1. The van der Waals surface area contributed by atoms with Gasteiger partial charge in [0.15, 0.2) is 17.7 Å². The lowest BCUT2D eigenvalue weighted by Crippen LogP contribution is -2.43. The molecule has 0 spiro atoms. The second-order valence-corrected chi connectivity index (χ2v) is 11.4. The third-order valence-electron chi connectivity index (χ3n) is 7.00. The van der Waals surface area contributed by atoms with Gasteiger partial charge in [-0.05, 0) is 67.3 Å². The first kappa shape index (κ1) is 25.3. The second kappa shape index (κ2) is 9.51. The van der Waals surface area contributed by atoms with Crippen LogP contribution in [-0.2, 0) is 18.9 Å². The van der Waals surface area contributed by atoms with Gasteiger partial charge in [0.25, 0.3) is 0 Å². The van der Waals surface area contributed by atoms with E-state index in [4.69, 9.17) is 18.9 Å². The lowest BCUT2D eigenvalue weighted by molar-refractivity contribution is -0.198. The molecule has 1 amide bonds. The molecule has 1 N–H and O–H groups in total. The molecule has 0 aliphatic carbocycles. The van der Waals surface area contributed by atoms with Crippen molar-refractivity contribution in [3.8, 4) is 0 Å². The van der Waals surface area contributed by atoms with Crippen LogP contribution in [0.15, 0.2) is 12.7 Å². The summed E-state index contributed by atoms with van der Waals surface area (Å²) >= 11 is 0. The monoisotopic (exact) mass is 504 g/mol. The average molecular weight is 505 g/mol. The van der Waals surface area contributed by atoms with E-state index >= 15 is 0 Å². The van der Waals surface area contributed by atoms with E-state index in [1.807, 2.05) is 46.1 Å². The number of amides is 1. The van der Waals surface area contributed by atoms with Crippen LogP contribution in [0.1, 0.15) is 67.2 Å². The Hall–Kier alpha value is -2.34. The summed E-state index contributed by atoms with van der Waals surface area (Å²) in [7, 11) is 0. The number of nitrogens with zero attached hydrogens (tertiary/aromatic N) is 5. The number of aryl methyl sites for hydroxylation is 1. The highest BCUT2D eigenvalue weighted by molar-refractivity contribution is 5.72. The molecule has 200 valence electrons. The van der Waals surface area contributed by atoms with Gasteiger partial charge in [-0.25, -0.2) is 19.7 Å². The van der Waals surface area contributed by atoms with E-state index in [2.05, 4.69) is 25.2 Å². The number of imidazole rings is 1. The highest BCUT2D eigenvalue weighted by Crippen LogP contribution is 2.44. The summed E-state index contributed by atoms with van der Waals surface area (Å²) in [6, 6.07) is 0.362. The summed E-state index contributed by atoms with van der Waals surface area (Å²) in [5, 5.41) is 2.89. The van der Waals surface area contributed by atoms with E-state index in [0.29, 0.717) is 12.6 Å². The Labute approximate surface area is 213 Å². The fourth-order valence-electron chi connectivity index (χ4n) is 5.53. The summed E-state index contributed by atoms with van der Waals surface area (Å²) < 4.78 is 26.6. The number of alkyl carbamates (subject to hydrolysis) is 1. The number of fused-ring (bicyclic) bond motifs is 2. The highest BCUT2D eigenvalue weighted by Gasteiger charge is 2.56. The third kappa shape index (κ3) is 5.20. The molecule has 11 nitrogen and oxygen atoms in total. The molecule has 0 aromatic carbocycles. The number of hydrogen-bond acceptors (Lipinski definition) is 9. The molecular weight excluding hydrogens is 464 g/mol. The summed E-state index contributed by atoms with van der Waals surface area (Å²) in [4.78, 5) is 27.7. The summed E-state index contributed by atoms with van der Waals surface area (Å²) in [5.74, 6) is -0.696. The first-order chi connectivity index (χ1) is 17.0. The van der Waals surface area contributed by atoms with Crippen LogP contribution in [0.3, 0.4) is 0 Å². The van der Waals surface area contributed by atoms with Crippen LogP contribution in [-0.4, -0.2) is 85.9 Å². The number of aromatic nitrogens is 4. The SMILES string of the molecule is Cc1ncnc2c1ncn2[C@@H]1O[C@H](CN2CCC[C@@H]2CCNC(=O)OC(C)(C)C)[C@H]2OC(C)(C)O[C@H]21.[HH]. The van der Waals surface area contributed by atoms with Crippen LogP contribution in [0.25, 0.3) is 11.2 Å². The molecule has 0 saturated carbocycles. The second-order valence-electron chi connectivity index (χ2n) is 11.4. The average Bonchev–Trinajstić information content (AvgIpc) is 3.52. The van der Waals surface area contributed by atoms with E-state index in [-0.39, 0.29) is 25.8 Å². The van der Waals surface area contributed by atoms with Gasteiger partial charge >= 0.3 is 6.09 Å². The van der Waals surface area contributed by atoms with Crippen molar-refractivity contribution in [1.82, 2.24) is 29.7 Å². The maximum atomic E-state index is 12.0. The molecule has 3 saturated heterocycles. The van der Waals surface area contributed by atoms with Crippen LogP contribution < -0.4 is 5.32 Å². The van der Waals surface area contributed by atoms with E-state index < -0.39 is 17.6 Å². The first-order valence-corrected chi connectivity index (χ1v) is 12.9. The smallest absolute Gasteiger partial charge is 0.407 e. The lowest BCUT2D eigenvalue weighted by Gasteiger charge is -2.30. The zero-order valence-electron chi connectivity index (χ0n) is 22.1. The zero-order chi connectivity index (χ0) is 25.7. The molecule has 3 fully saturated rings. The van der Waals surface area contributed by atoms with Gasteiger partial charge in [0.1, 0.15) is 35.8 Å². The number of likely N-dealkylation sites (tertiary alicyclic amines) is 1. The predicted molar refractivity (Wildman–Crippen MR) is 133 cm³/mol. The largest absolute Gasteiger partial charge is 0.444 e. The van der Waals surface area contributed by atoms with Gasteiger partial charge in [0, 0.05) is 20.6 Å². The molecule has 3 aliphatic rings. The molecule has 5 atom stereocenters. The quantitative estimate of drug-likeness (QED) is 0.634. The maximum Gasteiger partial charge on any atom is 0.407 e. The number of nitrogens with one attached hydrogen (secondary N) is 1. The molecule has 36 heavy (non-hydrogen) atoms. The highest BCUT2D eigenvalue weighted by atomic mass is 16.8. The standard InChI is InChI=1S/C25H38N6O5.H2/c1-15-18-21(28-13-27-15)31(14-29-18)22-20-19(34-25(5,6)35-20)17(33-22)12-30-11-7-8-16(30)9-10-26-23(32)36-24(2,3)4;/h13-14,16-17,19-20,22H,7-12H2,1-6H3,(H,26,32);1H/t16-,17-,19-,20-,22-;/m1./s1. The molecule has 11 heteroatoms. The van der Waals surface area contributed by atoms with Crippen LogP contribution in [0, 0.1) is 6.92 Å². The van der Waals surface area contributed by atoms with Crippen molar-refractivity contribution in [3.63, 3.8) is 0 Å². The zero-order valence-corrected chi connectivity index (χ0v) is 22.1. The van der Waals surface area contributed by atoms with Gasteiger partial charge in [-0.2, -0.15) is 0 Å². The summed E-state index contributed by atoms with van der Waals surface area (Å²) in [6.45, 7) is 13.7. The van der Waals surface area contributed by atoms with E-state index in [0.717, 1.165) is 49.2 Å². The van der Waals surface area contributed by atoms with E-state index in [1.54, 1.807) is 12.7 Å². The molecule has 5 rings (SSSR count). The van der Waals surface area contributed by atoms with Crippen molar-refractivity contribution < 1.29 is 25.2 Å². The van der Waals surface area contributed by atoms with Crippen molar-refractivity contribution >= 4 is 17.3 Å². The molecule has 2 aromatic rings. The van der Waals surface area contributed by atoms with Crippen LogP contribution in [0.2, 0.25) is 0 Å². The normalized spacial score (nSPS) is 30.1. The van der Waals surface area contributed by atoms with Gasteiger partial charge < -0.3 is 24.3 Å². The van der Waals surface area contributed by atoms with E-state index in [9.17, 15) is 4.79 Å². The Balaban J connectivity index is 0.00000320. The van der Waals surface area contributed by atoms with E-state index in [1.165, 1.54) is 0 Å². The van der Waals surface area contributed by atoms with Crippen LogP contribution >= 0.6 is 0 Å². The topological polar surface area (TPSA) is 113 Å². The number of rotatable bonds is 6. The number of hydrogen-bond donors (Lipinski definition) is 1. The van der Waals surface area contributed by atoms with Crippen LogP contribution in [0.4, 0.5) is 4.79 Å². The summed E-state index contributed by atoms with van der Waals surface area (Å²) in [5.41, 5.74) is 1.82. The molecule has 0 unspecified atom stereocenters. The third-order valence-corrected chi connectivity index (χ3v) is 7.00. The number of carbonyl (C=O) groups excluding carboxylic acids is 1. The Bertz CT molecular complexity index is 1100. The molecule has 0 radical (unpaired) electrons. The fourth-order valence-corrected chi connectivity index (χ4v) is 5.53. The fraction of sp³-hybridized carbons (Fsp3) is 0.760. The Morgan fingerprint density at radius 3 is 2.81 bits per heavy atom. The van der Waals surface area contributed by atoms with Crippen molar-refractivity contribution in [2.45, 2.75) is 103 Å². The lowest BCUT2D eigenvalue weighted by atomic mass is 10.1. The van der Waals surface area contributed by atoms with Crippen molar-refractivity contribution in [1.29, 1.82) is 0 Å². The number of ether oxygens (including phenoxy) is 4. The maximum absolute atomic E-state index is 12.0. The minimum absolute atomic E-state index is 0. The van der Waals surface area contributed by atoms with Crippen molar-refractivity contribution in [2.24, 2.45) is 0 Å². The van der Waals surface area contributed by atoms with Crippen molar-refractivity contribution in [2.75, 3.05) is 19.6 Å². The van der Waals surface area contributed by atoms with Gasteiger partial charge in [0.2, 0.25) is 0 Å². The molecular formula is C25H40N6O5. The van der Waals surface area contributed by atoms with Crippen molar-refractivity contribution in [3.05, 3.63) is 18.3 Å². The predicted octanol–water partition coefficient (Wildman–Crippen LogP) is 3.18.